The molecule has 1 fully saturated rings. The SMILES string of the molecule is Cc1cccc(C(=O)N(Cc2cccnc2)C2CC2)c1Br. The summed E-state index contributed by atoms with van der Waals surface area (Å²) in [7, 11) is 0. The second-order valence-electron chi connectivity index (χ2n) is 5.46. The number of carbonyl (C=O) groups is 1. The molecule has 1 heterocycles. The van der Waals surface area contributed by atoms with Crippen LogP contribution in [0.25, 0.3) is 0 Å². The van der Waals surface area contributed by atoms with Crippen LogP contribution in [-0.4, -0.2) is 21.8 Å². The molecule has 1 amide bonds. The molecule has 0 unspecified atom stereocenters. The molecule has 108 valence electrons. The van der Waals surface area contributed by atoms with Gasteiger partial charge in [-0.25, -0.2) is 0 Å². The molecule has 21 heavy (non-hydrogen) atoms. The van der Waals surface area contributed by atoms with E-state index in [4.69, 9.17) is 0 Å². The number of amides is 1. The van der Waals surface area contributed by atoms with Crippen molar-refractivity contribution in [2.75, 3.05) is 0 Å². The van der Waals surface area contributed by atoms with Crippen LogP contribution in [-0.2, 0) is 6.54 Å². The number of rotatable bonds is 4. The second kappa shape index (κ2) is 5.98. The zero-order valence-electron chi connectivity index (χ0n) is 11.9. The van der Waals surface area contributed by atoms with E-state index in [1.807, 2.05) is 48.4 Å². The molecule has 0 aliphatic heterocycles. The highest BCUT2D eigenvalue weighted by Crippen LogP contribution is 2.31. The van der Waals surface area contributed by atoms with Gasteiger partial charge in [-0.1, -0.05) is 18.2 Å². The summed E-state index contributed by atoms with van der Waals surface area (Å²) in [4.78, 5) is 19.0. The third-order valence-corrected chi connectivity index (χ3v) is 4.80. The van der Waals surface area contributed by atoms with Crippen LogP contribution in [0.15, 0.2) is 47.2 Å². The predicted octanol–water partition coefficient (Wildman–Crippen LogP) is 3.96. The van der Waals surface area contributed by atoms with Crippen LogP contribution in [0.4, 0.5) is 0 Å². The lowest BCUT2D eigenvalue weighted by molar-refractivity contribution is 0.0728. The summed E-state index contributed by atoms with van der Waals surface area (Å²) >= 11 is 3.54. The minimum absolute atomic E-state index is 0.0944. The highest BCUT2D eigenvalue weighted by molar-refractivity contribution is 9.10. The maximum absolute atomic E-state index is 12.9. The molecule has 3 rings (SSSR count). The van der Waals surface area contributed by atoms with E-state index in [1.165, 1.54) is 0 Å². The smallest absolute Gasteiger partial charge is 0.255 e. The fraction of sp³-hybridized carbons (Fsp3) is 0.294. The van der Waals surface area contributed by atoms with Gasteiger partial charge in [0.2, 0.25) is 0 Å². The summed E-state index contributed by atoms with van der Waals surface area (Å²) in [6.07, 6.45) is 5.77. The molecule has 1 aliphatic carbocycles. The first-order valence-corrected chi connectivity index (χ1v) is 7.91. The lowest BCUT2D eigenvalue weighted by atomic mass is 10.1. The Morgan fingerprint density at radius 2 is 2.14 bits per heavy atom. The van der Waals surface area contributed by atoms with Crippen molar-refractivity contribution in [3.63, 3.8) is 0 Å². The summed E-state index contributed by atoms with van der Waals surface area (Å²) < 4.78 is 0.895. The van der Waals surface area contributed by atoms with Gasteiger partial charge in [-0.2, -0.15) is 0 Å². The van der Waals surface area contributed by atoms with Crippen molar-refractivity contribution in [3.05, 3.63) is 63.9 Å². The molecule has 1 aliphatic rings. The van der Waals surface area contributed by atoms with Gasteiger partial charge in [0.15, 0.2) is 0 Å². The van der Waals surface area contributed by atoms with Crippen molar-refractivity contribution in [2.45, 2.75) is 32.4 Å². The number of hydrogen-bond acceptors (Lipinski definition) is 2. The summed E-state index contributed by atoms with van der Waals surface area (Å²) in [6.45, 7) is 2.63. The van der Waals surface area contributed by atoms with Gasteiger partial charge >= 0.3 is 0 Å². The normalized spacial score (nSPS) is 14.0. The van der Waals surface area contributed by atoms with Crippen LogP contribution in [0.1, 0.15) is 34.3 Å². The minimum atomic E-state index is 0.0944. The van der Waals surface area contributed by atoms with Crippen molar-refractivity contribution in [2.24, 2.45) is 0 Å². The lowest BCUT2D eigenvalue weighted by Gasteiger charge is -2.23. The van der Waals surface area contributed by atoms with Crippen LogP contribution in [0.5, 0.6) is 0 Å². The molecule has 1 aromatic carbocycles. The Balaban J connectivity index is 1.87. The molecule has 0 bridgehead atoms. The number of nitrogens with zero attached hydrogens (tertiary/aromatic N) is 2. The van der Waals surface area contributed by atoms with Gasteiger partial charge in [0.1, 0.15) is 0 Å². The average molecular weight is 345 g/mol. The zero-order chi connectivity index (χ0) is 14.8. The standard InChI is InChI=1S/C17H17BrN2O/c1-12-4-2-6-15(16(12)18)17(21)20(14-7-8-14)11-13-5-3-9-19-10-13/h2-6,9-10,14H,7-8,11H2,1H3. The molecule has 3 nitrogen and oxygen atoms in total. The van der Waals surface area contributed by atoms with Crippen molar-refractivity contribution in [1.82, 2.24) is 9.88 Å². The molecule has 0 spiro atoms. The molecule has 0 radical (unpaired) electrons. The maximum atomic E-state index is 12.9. The first-order valence-electron chi connectivity index (χ1n) is 7.12. The Kier molecular flexibility index (Phi) is 4.06. The first-order chi connectivity index (χ1) is 10.2. The number of carbonyl (C=O) groups excluding carboxylic acids is 1. The van der Waals surface area contributed by atoms with Crippen LogP contribution in [0, 0.1) is 6.92 Å². The number of aromatic nitrogens is 1. The van der Waals surface area contributed by atoms with Crippen LogP contribution < -0.4 is 0 Å². The fourth-order valence-corrected chi connectivity index (χ4v) is 2.84. The Hall–Kier alpha value is -1.68. The van der Waals surface area contributed by atoms with Gasteiger partial charge in [-0.15, -0.1) is 0 Å². The van der Waals surface area contributed by atoms with E-state index in [1.54, 1.807) is 6.20 Å². The van der Waals surface area contributed by atoms with Crippen LogP contribution >= 0.6 is 15.9 Å². The van der Waals surface area contributed by atoms with E-state index in [0.29, 0.717) is 12.6 Å². The number of benzene rings is 1. The molecule has 1 aromatic heterocycles. The highest BCUT2D eigenvalue weighted by atomic mass is 79.9. The van der Waals surface area contributed by atoms with Gasteiger partial charge < -0.3 is 4.90 Å². The summed E-state index contributed by atoms with van der Waals surface area (Å²) in [6, 6.07) is 10.1. The summed E-state index contributed by atoms with van der Waals surface area (Å²) in [5.74, 6) is 0.0944. The van der Waals surface area contributed by atoms with Gasteiger partial charge in [0, 0.05) is 29.5 Å². The van der Waals surface area contributed by atoms with E-state index >= 15 is 0 Å². The largest absolute Gasteiger partial charge is 0.331 e. The molecule has 0 N–H and O–H groups in total. The van der Waals surface area contributed by atoms with Crippen molar-refractivity contribution in [3.8, 4) is 0 Å². The Bertz CT molecular complexity index is 653. The Labute approximate surface area is 133 Å². The monoisotopic (exact) mass is 344 g/mol. The molecule has 4 heteroatoms. The van der Waals surface area contributed by atoms with E-state index in [9.17, 15) is 4.79 Å². The quantitative estimate of drug-likeness (QED) is 0.840. The van der Waals surface area contributed by atoms with Gasteiger partial charge in [-0.05, 0) is 59.0 Å². The number of aryl methyl sites for hydroxylation is 1. The minimum Gasteiger partial charge on any atom is -0.331 e. The second-order valence-corrected chi connectivity index (χ2v) is 6.25. The van der Waals surface area contributed by atoms with E-state index in [0.717, 1.165) is 34.0 Å². The average Bonchev–Trinajstić information content (AvgIpc) is 3.33. The Morgan fingerprint density at radius 3 is 2.81 bits per heavy atom. The molecular formula is C17H17BrN2O. The highest BCUT2D eigenvalue weighted by Gasteiger charge is 2.33. The Morgan fingerprint density at radius 1 is 1.33 bits per heavy atom. The molecular weight excluding hydrogens is 328 g/mol. The fourth-order valence-electron chi connectivity index (χ4n) is 2.41. The van der Waals surface area contributed by atoms with Crippen molar-refractivity contribution >= 4 is 21.8 Å². The predicted molar refractivity (Wildman–Crippen MR) is 86.0 cm³/mol. The van der Waals surface area contributed by atoms with Gasteiger partial charge in [0.25, 0.3) is 5.91 Å². The van der Waals surface area contributed by atoms with E-state index in [-0.39, 0.29) is 5.91 Å². The topological polar surface area (TPSA) is 33.2 Å². The molecule has 0 atom stereocenters. The van der Waals surface area contributed by atoms with E-state index < -0.39 is 0 Å². The summed E-state index contributed by atoms with van der Waals surface area (Å²) in [5.41, 5.74) is 2.89. The number of hydrogen-bond donors (Lipinski definition) is 0. The third-order valence-electron chi connectivity index (χ3n) is 3.75. The van der Waals surface area contributed by atoms with Crippen LogP contribution in [0.3, 0.4) is 0 Å². The maximum Gasteiger partial charge on any atom is 0.255 e. The zero-order valence-corrected chi connectivity index (χ0v) is 13.5. The first kappa shape index (κ1) is 14.3. The molecule has 2 aromatic rings. The van der Waals surface area contributed by atoms with Crippen LogP contribution in [0.2, 0.25) is 0 Å². The third kappa shape index (κ3) is 3.16. The summed E-state index contributed by atoms with van der Waals surface area (Å²) in [5, 5.41) is 0. The van der Waals surface area contributed by atoms with Gasteiger partial charge in [-0.3, -0.25) is 9.78 Å². The van der Waals surface area contributed by atoms with Gasteiger partial charge in [0.05, 0.1) is 5.56 Å². The van der Waals surface area contributed by atoms with Crippen molar-refractivity contribution < 1.29 is 4.79 Å². The molecule has 1 saturated carbocycles. The number of pyridine rings is 1. The van der Waals surface area contributed by atoms with Crippen molar-refractivity contribution in [1.29, 1.82) is 0 Å². The molecule has 0 saturated heterocycles. The lowest BCUT2D eigenvalue weighted by Crippen LogP contribution is -2.33. The van der Waals surface area contributed by atoms with E-state index in [2.05, 4.69) is 20.9 Å². The number of halogens is 1.